The maximum atomic E-state index is 6.83. The molecule has 0 saturated carbocycles. The van der Waals surface area contributed by atoms with Crippen molar-refractivity contribution >= 4 is 17.1 Å². The number of ether oxygens (including phenoxy) is 2. The topological polar surface area (TPSA) is 21.7 Å². The van der Waals surface area contributed by atoms with E-state index in [-0.39, 0.29) is 0 Å². The third-order valence-electron chi connectivity index (χ3n) is 15.6. The van der Waals surface area contributed by atoms with Crippen LogP contribution in [-0.2, 0) is 10.8 Å². The van der Waals surface area contributed by atoms with E-state index in [0.717, 1.165) is 67.9 Å². The highest BCUT2D eigenvalue weighted by Crippen LogP contribution is 2.66. The molecule has 2 aliphatic heterocycles. The number of nitrogens with zero attached hydrogens (tertiary/aromatic N) is 1. The molecule has 0 unspecified atom stereocenters. The second-order valence-corrected chi connectivity index (χ2v) is 19.0. The maximum Gasteiger partial charge on any atom is 0.132 e. The second kappa shape index (κ2) is 15.2. The lowest BCUT2D eigenvalue weighted by Gasteiger charge is -2.42. The first-order valence-electron chi connectivity index (χ1n) is 24.5. The normalized spacial score (nSPS) is 14.1. The minimum absolute atomic E-state index is 0.638. The van der Waals surface area contributed by atoms with Crippen LogP contribution in [0.3, 0.4) is 0 Å². The van der Waals surface area contributed by atoms with Gasteiger partial charge in [-0.2, -0.15) is 0 Å². The van der Waals surface area contributed by atoms with Crippen LogP contribution in [0.4, 0.5) is 17.1 Å². The average molecular weight is 906 g/mol. The Kier molecular flexibility index (Phi) is 8.49. The smallest absolute Gasteiger partial charge is 0.132 e. The zero-order valence-electron chi connectivity index (χ0n) is 38.6. The van der Waals surface area contributed by atoms with Crippen LogP contribution in [0.5, 0.6) is 23.0 Å². The van der Waals surface area contributed by atoms with Crippen LogP contribution in [0.1, 0.15) is 44.5 Å². The Morgan fingerprint density at radius 2 is 0.662 bits per heavy atom. The van der Waals surface area contributed by atoms with Crippen molar-refractivity contribution in [2.75, 3.05) is 4.90 Å². The third-order valence-corrected chi connectivity index (χ3v) is 15.6. The Morgan fingerprint density at radius 3 is 1.25 bits per heavy atom. The summed E-state index contributed by atoms with van der Waals surface area (Å²) in [5, 5.41) is 0. The van der Waals surface area contributed by atoms with Crippen LogP contribution < -0.4 is 14.4 Å². The zero-order chi connectivity index (χ0) is 46.7. The van der Waals surface area contributed by atoms with Crippen molar-refractivity contribution in [2.24, 2.45) is 0 Å². The Hall–Kier alpha value is -9.18. The van der Waals surface area contributed by atoms with E-state index < -0.39 is 10.8 Å². The fourth-order valence-corrected chi connectivity index (χ4v) is 12.8. The monoisotopic (exact) mass is 905 g/mol. The first-order valence-corrected chi connectivity index (χ1v) is 24.5. The van der Waals surface area contributed by atoms with Crippen LogP contribution in [0, 0.1) is 0 Å². The largest absolute Gasteiger partial charge is 0.457 e. The lowest BCUT2D eigenvalue weighted by atomic mass is 9.65. The summed E-state index contributed by atoms with van der Waals surface area (Å²) in [6, 6.07) is 95.2. The summed E-state index contributed by atoms with van der Waals surface area (Å²) in [4.78, 5) is 2.52. The zero-order valence-corrected chi connectivity index (χ0v) is 38.6. The highest BCUT2D eigenvalue weighted by atomic mass is 16.5. The van der Waals surface area contributed by atoms with Crippen LogP contribution in [0.2, 0.25) is 0 Å². The van der Waals surface area contributed by atoms with Gasteiger partial charge < -0.3 is 14.4 Å². The van der Waals surface area contributed by atoms with Gasteiger partial charge in [0.15, 0.2) is 0 Å². The molecule has 4 aliphatic rings. The molecule has 332 valence electrons. The molecule has 71 heavy (non-hydrogen) atoms. The first-order chi connectivity index (χ1) is 35.2. The molecule has 2 spiro atoms. The van der Waals surface area contributed by atoms with E-state index in [4.69, 9.17) is 9.47 Å². The van der Waals surface area contributed by atoms with Crippen LogP contribution in [-0.4, -0.2) is 0 Å². The standard InChI is InChI=1S/C68H43NO2/c1-2-18-44(19-3-1)46-20-16-21-47(42-46)45-36-38-48(39-37-45)69(49-40-41-52-50-22-4-6-25-54(50)67(60(52)43-49)56-27-8-12-32-62(56)70-63-33-13-9-28-57(63)67)61-31-17-24-53-51-23-5-7-26-55(51)68(66(53)61)58-29-10-14-34-64(58)71-65-35-15-11-30-59(65)68/h1-43H. The van der Waals surface area contributed by atoms with Crippen molar-refractivity contribution in [1.29, 1.82) is 0 Å². The van der Waals surface area contributed by atoms with Crippen molar-refractivity contribution in [3.63, 3.8) is 0 Å². The average Bonchev–Trinajstić information content (AvgIpc) is 3.90. The molecule has 2 heterocycles. The number of hydrogen-bond acceptors (Lipinski definition) is 3. The Bertz CT molecular complexity index is 3870. The number of para-hydroxylation sites is 4. The molecule has 3 nitrogen and oxygen atoms in total. The minimum atomic E-state index is -0.698. The molecular weight excluding hydrogens is 863 g/mol. The molecule has 0 radical (unpaired) electrons. The molecule has 0 bridgehead atoms. The van der Waals surface area contributed by atoms with Gasteiger partial charge in [-0.1, -0.05) is 200 Å². The molecule has 0 fully saturated rings. The van der Waals surface area contributed by atoms with Crippen LogP contribution in [0.15, 0.2) is 261 Å². The summed E-state index contributed by atoms with van der Waals surface area (Å²) >= 11 is 0. The van der Waals surface area contributed by atoms with Crippen molar-refractivity contribution in [1.82, 2.24) is 0 Å². The summed E-state index contributed by atoms with van der Waals surface area (Å²) in [7, 11) is 0. The molecule has 11 aromatic rings. The second-order valence-electron chi connectivity index (χ2n) is 19.0. The molecule has 0 amide bonds. The van der Waals surface area contributed by atoms with Crippen molar-refractivity contribution in [3.05, 3.63) is 305 Å². The molecule has 0 atom stereocenters. The molecule has 11 aromatic carbocycles. The van der Waals surface area contributed by atoms with E-state index >= 15 is 0 Å². The molecule has 2 aliphatic carbocycles. The van der Waals surface area contributed by atoms with Gasteiger partial charge in [0.1, 0.15) is 23.0 Å². The van der Waals surface area contributed by atoms with Gasteiger partial charge in [0.2, 0.25) is 0 Å². The van der Waals surface area contributed by atoms with E-state index in [9.17, 15) is 0 Å². The molecule has 0 aromatic heterocycles. The van der Waals surface area contributed by atoms with E-state index in [1.54, 1.807) is 0 Å². The maximum absolute atomic E-state index is 6.83. The van der Waals surface area contributed by atoms with Gasteiger partial charge in [-0.3, -0.25) is 0 Å². The van der Waals surface area contributed by atoms with Crippen molar-refractivity contribution in [2.45, 2.75) is 10.8 Å². The summed E-state index contributed by atoms with van der Waals surface area (Å²) in [5.41, 5.74) is 21.0. The van der Waals surface area contributed by atoms with E-state index in [0.29, 0.717) is 0 Å². The first kappa shape index (κ1) is 39.8. The highest BCUT2D eigenvalue weighted by Gasteiger charge is 2.54. The van der Waals surface area contributed by atoms with Gasteiger partial charge in [-0.25, -0.2) is 0 Å². The quantitative estimate of drug-likeness (QED) is 0.172. The molecule has 3 heteroatoms. The Balaban J connectivity index is 1.01. The van der Waals surface area contributed by atoms with Gasteiger partial charge in [-0.05, 0) is 122 Å². The minimum Gasteiger partial charge on any atom is -0.457 e. The SMILES string of the molecule is c1ccc(-c2cccc(-c3ccc(N(c4ccc5c(c4)C4(c6ccccc6Oc6ccccc64)c4ccccc4-5)c4cccc5c4C4(c6ccccc6Oc6ccccc64)c4ccccc4-5)cc3)c2)cc1. The van der Waals surface area contributed by atoms with Gasteiger partial charge in [0, 0.05) is 39.2 Å². The Labute approximate surface area is 413 Å². The van der Waals surface area contributed by atoms with E-state index in [1.807, 2.05) is 0 Å². The summed E-state index contributed by atoms with van der Waals surface area (Å²) in [5.74, 6) is 3.48. The van der Waals surface area contributed by atoms with Gasteiger partial charge >= 0.3 is 0 Å². The van der Waals surface area contributed by atoms with E-state index in [1.165, 1.54) is 61.2 Å². The van der Waals surface area contributed by atoms with Crippen LogP contribution in [0.25, 0.3) is 44.5 Å². The summed E-state index contributed by atoms with van der Waals surface area (Å²) < 4.78 is 13.6. The number of fused-ring (bicyclic) bond motifs is 18. The third kappa shape index (κ3) is 5.49. The molecule has 15 rings (SSSR count). The van der Waals surface area contributed by atoms with Crippen LogP contribution >= 0.6 is 0 Å². The fourth-order valence-electron chi connectivity index (χ4n) is 12.8. The van der Waals surface area contributed by atoms with E-state index in [2.05, 4.69) is 266 Å². The van der Waals surface area contributed by atoms with Crippen molar-refractivity contribution < 1.29 is 9.47 Å². The lowest BCUT2D eigenvalue weighted by Crippen LogP contribution is -2.33. The lowest BCUT2D eigenvalue weighted by molar-refractivity contribution is 0.436. The number of hydrogen-bond donors (Lipinski definition) is 0. The molecular formula is C68H43NO2. The van der Waals surface area contributed by atoms with Gasteiger partial charge in [-0.15, -0.1) is 0 Å². The van der Waals surface area contributed by atoms with Gasteiger partial charge in [0.05, 0.1) is 16.5 Å². The number of benzene rings is 11. The predicted molar refractivity (Wildman–Crippen MR) is 287 cm³/mol. The fraction of sp³-hybridized carbons (Fsp3) is 0.0294. The van der Waals surface area contributed by atoms with Gasteiger partial charge in [0.25, 0.3) is 0 Å². The summed E-state index contributed by atoms with van der Waals surface area (Å²) in [6.45, 7) is 0. The number of anilines is 3. The summed E-state index contributed by atoms with van der Waals surface area (Å²) in [6.07, 6.45) is 0. The highest BCUT2D eigenvalue weighted by molar-refractivity contribution is 5.97. The number of rotatable bonds is 5. The predicted octanol–water partition coefficient (Wildman–Crippen LogP) is 17.4. The molecule has 0 N–H and O–H groups in total. The molecule has 0 saturated heterocycles. The Morgan fingerprint density at radius 1 is 0.254 bits per heavy atom. The van der Waals surface area contributed by atoms with Crippen molar-refractivity contribution in [3.8, 4) is 67.5 Å².